The second-order valence-corrected chi connectivity index (χ2v) is 23.6. The molecule has 0 radical (unpaired) electrons. The van der Waals surface area contributed by atoms with Gasteiger partial charge in [-0.15, -0.1) is 0 Å². The molecule has 0 heterocycles. The molecule has 11 aromatic carbocycles. The number of fused-ring (bicyclic) bond motifs is 13. The van der Waals surface area contributed by atoms with Crippen LogP contribution in [-0.4, -0.2) is 0 Å². The van der Waals surface area contributed by atoms with Gasteiger partial charge in [0.25, 0.3) is 0 Å². The van der Waals surface area contributed by atoms with E-state index >= 15 is 0 Å². The maximum atomic E-state index is 2.55. The number of rotatable bonds is 7. The lowest BCUT2D eigenvalue weighted by atomic mass is 9.67. The van der Waals surface area contributed by atoms with Crippen LogP contribution in [0.4, 0.5) is 17.1 Å². The minimum absolute atomic E-state index is 0.0288. The van der Waals surface area contributed by atoms with Crippen molar-refractivity contribution < 1.29 is 0 Å². The highest BCUT2D eigenvalue weighted by atomic mass is 15.1. The first kappa shape index (κ1) is 46.7. The fourth-order valence-electron chi connectivity index (χ4n) is 13.7. The molecule has 0 aromatic heterocycles. The number of hydrogen-bond acceptors (Lipinski definition) is 1. The first-order chi connectivity index (χ1) is 37.5. The SMILES string of the molecule is CC(C)(C)c1ccc2c(c1)C1(c3cc(C(C)(C)C)ccc3-2)c2ccccc2-c2cccc(-c3ccc(N(c4ccc(-c5ccccc5)cc4)c4ccc5c(c4)C(c4ccccc4)(c4ccccc4)c4ccccc4-5)cc3)c21. The molecular weight excluding hydrogens is 927 g/mol. The molecule has 77 heavy (non-hydrogen) atoms. The van der Waals surface area contributed by atoms with Crippen LogP contribution in [0, 0.1) is 0 Å². The molecule has 0 atom stereocenters. The second kappa shape index (κ2) is 17.4. The largest absolute Gasteiger partial charge is 0.310 e. The Morgan fingerprint density at radius 2 is 0.636 bits per heavy atom. The first-order valence-corrected chi connectivity index (χ1v) is 27.4. The number of nitrogens with zero attached hydrogens (tertiary/aromatic N) is 1. The van der Waals surface area contributed by atoms with Crippen LogP contribution in [0.25, 0.3) is 55.6 Å². The highest BCUT2D eigenvalue weighted by Gasteiger charge is 2.53. The Bertz CT molecular complexity index is 3970. The summed E-state index contributed by atoms with van der Waals surface area (Å²) in [6.07, 6.45) is 0. The smallest absolute Gasteiger partial charge is 0.0731 e. The molecule has 0 saturated carbocycles. The summed E-state index contributed by atoms with van der Waals surface area (Å²) in [6, 6.07) is 98.7. The Labute approximate surface area is 454 Å². The van der Waals surface area contributed by atoms with E-state index in [0.29, 0.717) is 0 Å². The van der Waals surface area contributed by atoms with Crippen molar-refractivity contribution in [3.63, 3.8) is 0 Å². The molecule has 370 valence electrons. The zero-order valence-corrected chi connectivity index (χ0v) is 44.8. The van der Waals surface area contributed by atoms with Crippen LogP contribution >= 0.6 is 0 Å². The quantitative estimate of drug-likeness (QED) is 0.154. The van der Waals surface area contributed by atoms with E-state index in [-0.39, 0.29) is 10.8 Å². The molecule has 0 unspecified atom stereocenters. The van der Waals surface area contributed by atoms with Crippen molar-refractivity contribution in [2.75, 3.05) is 4.90 Å². The molecular formula is C76H61N. The Morgan fingerprint density at radius 1 is 0.260 bits per heavy atom. The van der Waals surface area contributed by atoms with Crippen LogP contribution < -0.4 is 4.90 Å². The van der Waals surface area contributed by atoms with Crippen molar-refractivity contribution in [1.29, 1.82) is 0 Å². The van der Waals surface area contributed by atoms with Crippen molar-refractivity contribution >= 4 is 17.1 Å². The van der Waals surface area contributed by atoms with Crippen molar-refractivity contribution in [3.05, 3.63) is 316 Å². The average Bonchev–Trinajstić information content (AvgIpc) is 4.25. The Balaban J connectivity index is 0.974. The average molecular weight is 988 g/mol. The number of benzene rings is 11. The van der Waals surface area contributed by atoms with Crippen molar-refractivity contribution in [1.82, 2.24) is 0 Å². The second-order valence-electron chi connectivity index (χ2n) is 23.6. The Hall–Kier alpha value is -8.78. The van der Waals surface area contributed by atoms with Crippen molar-refractivity contribution in [2.24, 2.45) is 0 Å². The molecule has 1 nitrogen and oxygen atoms in total. The minimum atomic E-state index is -0.531. The maximum absolute atomic E-state index is 2.55. The van der Waals surface area contributed by atoms with Gasteiger partial charge in [0, 0.05) is 17.1 Å². The predicted molar refractivity (Wildman–Crippen MR) is 323 cm³/mol. The summed E-state index contributed by atoms with van der Waals surface area (Å²) < 4.78 is 0. The van der Waals surface area contributed by atoms with Gasteiger partial charge >= 0.3 is 0 Å². The van der Waals surface area contributed by atoms with Gasteiger partial charge < -0.3 is 4.90 Å². The van der Waals surface area contributed by atoms with E-state index in [1.165, 1.54) is 111 Å². The predicted octanol–water partition coefficient (Wildman–Crippen LogP) is 19.8. The van der Waals surface area contributed by atoms with E-state index in [1.54, 1.807) is 0 Å². The van der Waals surface area contributed by atoms with Crippen LogP contribution in [0.2, 0.25) is 0 Å². The van der Waals surface area contributed by atoms with Gasteiger partial charge in [0.15, 0.2) is 0 Å². The number of anilines is 3. The molecule has 1 heteroatoms. The van der Waals surface area contributed by atoms with Crippen LogP contribution in [0.1, 0.15) is 97.2 Å². The third-order valence-electron chi connectivity index (χ3n) is 17.3. The highest BCUT2D eigenvalue weighted by Crippen LogP contribution is 2.65. The fourth-order valence-corrected chi connectivity index (χ4v) is 13.7. The van der Waals surface area contributed by atoms with Crippen LogP contribution in [0.3, 0.4) is 0 Å². The Kier molecular flexibility index (Phi) is 10.5. The molecule has 14 rings (SSSR count). The van der Waals surface area contributed by atoms with Gasteiger partial charge in [0.2, 0.25) is 0 Å². The van der Waals surface area contributed by atoms with Gasteiger partial charge in [-0.3, -0.25) is 0 Å². The molecule has 3 aliphatic rings. The topological polar surface area (TPSA) is 3.24 Å². The normalized spacial score (nSPS) is 14.1. The third-order valence-corrected chi connectivity index (χ3v) is 17.3. The summed E-state index contributed by atoms with van der Waals surface area (Å²) in [6.45, 7) is 14.1. The summed E-state index contributed by atoms with van der Waals surface area (Å²) >= 11 is 0. The Morgan fingerprint density at radius 3 is 1.17 bits per heavy atom. The lowest BCUT2D eigenvalue weighted by Gasteiger charge is -2.35. The van der Waals surface area contributed by atoms with Gasteiger partial charge in [0.05, 0.1) is 10.8 Å². The summed E-state index contributed by atoms with van der Waals surface area (Å²) in [5.41, 5.74) is 28.1. The maximum Gasteiger partial charge on any atom is 0.0731 e. The van der Waals surface area contributed by atoms with Crippen LogP contribution in [0.15, 0.2) is 261 Å². The van der Waals surface area contributed by atoms with Crippen molar-refractivity contribution in [2.45, 2.75) is 63.2 Å². The van der Waals surface area contributed by atoms with Crippen molar-refractivity contribution in [3.8, 4) is 55.6 Å². The molecule has 0 amide bonds. The molecule has 0 N–H and O–H groups in total. The van der Waals surface area contributed by atoms with E-state index in [2.05, 4.69) is 307 Å². The standard InChI is InChI=1S/C76H61N/c1-73(2,3)55-37-44-63-64-45-38-56(74(4,5)6)48-70(64)76(69(63)47-55)68-32-19-17-28-62(68)66-30-20-29-60(72(66)76)52-35-41-58(42-36-52)77(57-39-33-51(34-40-57)50-21-10-7-11-22-50)59-43-46-65-61-27-16-18-31-67(61)75(71(65)49-59,53-23-12-8-13-24-53)54-25-14-9-15-26-54/h7-49H,1-6H3. The molecule has 0 bridgehead atoms. The van der Waals surface area contributed by atoms with E-state index < -0.39 is 10.8 Å². The number of hydrogen-bond donors (Lipinski definition) is 0. The lowest BCUT2D eigenvalue weighted by Crippen LogP contribution is -2.28. The highest BCUT2D eigenvalue weighted by molar-refractivity contribution is 5.99. The molecule has 0 saturated heterocycles. The fraction of sp³-hybridized carbons (Fsp3) is 0.132. The van der Waals surface area contributed by atoms with Gasteiger partial charge in [-0.05, 0) is 158 Å². The van der Waals surface area contributed by atoms with Gasteiger partial charge in [-0.25, -0.2) is 0 Å². The molecule has 11 aromatic rings. The summed E-state index contributed by atoms with van der Waals surface area (Å²) in [5.74, 6) is 0. The molecule has 1 spiro atoms. The third kappa shape index (κ3) is 6.99. The van der Waals surface area contributed by atoms with Crippen LogP contribution in [0.5, 0.6) is 0 Å². The van der Waals surface area contributed by atoms with E-state index in [4.69, 9.17) is 0 Å². The zero-order chi connectivity index (χ0) is 52.3. The molecule has 0 aliphatic heterocycles. The van der Waals surface area contributed by atoms with E-state index in [1.807, 2.05) is 0 Å². The van der Waals surface area contributed by atoms with E-state index in [0.717, 1.165) is 17.1 Å². The lowest BCUT2D eigenvalue weighted by molar-refractivity contribution is 0.586. The van der Waals surface area contributed by atoms with Gasteiger partial charge in [-0.2, -0.15) is 0 Å². The zero-order valence-electron chi connectivity index (χ0n) is 44.8. The molecule has 0 fully saturated rings. The van der Waals surface area contributed by atoms with Gasteiger partial charge in [0.1, 0.15) is 0 Å². The summed E-state index contributed by atoms with van der Waals surface area (Å²) in [7, 11) is 0. The summed E-state index contributed by atoms with van der Waals surface area (Å²) in [4.78, 5) is 2.46. The monoisotopic (exact) mass is 987 g/mol. The summed E-state index contributed by atoms with van der Waals surface area (Å²) in [5, 5.41) is 0. The van der Waals surface area contributed by atoms with Crippen LogP contribution in [-0.2, 0) is 21.7 Å². The first-order valence-electron chi connectivity index (χ1n) is 27.4. The molecule has 3 aliphatic carbocycles. The van der Waals surface area contributed by atoms with E-state index in [9.17, 15) is 0 Å². The minimum Gasteiger partial charge on any atom is -0.310 e. The van der Waals surface area contributed by atoms with Gasteiger partial charge in [-0.1, -0.05) is 266 Å².